The summed E-state index contributed by atoms with van der Waals surface area (Å²) in [5.74, 6) is -0.833. The van der Waals surface area contributed by atoms with Gasteiger partial charge in [-0.15, -0.1) is 11.3 Å². The van der Waals surface area contributed by atoms with E-state index in [1.54, 1.807) is 18.3 Å². The number of unbranched alkanes of at least 4 members (excludes halogenated alkanes) is 3. The summed E-state index contributed by atoms with van der Waals surface area (Å²) in [5, 5.41) is 6.58. The van der Waals surface area contributed by atoms with Crippen LogP contribution in [-0.4, -0.2) is 27.8 Å². The van der Waals surface area contributed by atoms with E-state index in [9.17, 15) is 14.4 Å². The maximum absolute atomic E-state index is 13.6. The molecular formula is C29H28N2O4S. The summed E-state index contributed by atoms with van der Waals surface area (Å²) in [5.41, 5.74) is 3.02. The number of Topliss-reactive ketones (excluding diaryl/α,β-unsaturated/α-hetero) is 1. The standard InChI is InChI=1S/C29H28N2O4S/c1-3-4-5-6-11-25(30-35-20(2)32)29(34)24-19-31(26-12-8-7-10-23(24)26)22-16-14-21(15-17-22)28(33)27-13-9-18-36-27/h7-10,12-19H,3-6,11H2,1-2H3/b30-25-. The molecule has 0 bridgehead atoms. The number of carbonyl (C=O) groups is 3. The highest BCUT2D eigenvalue weighted by Crippen LogP contribution is 2.27. The fourth-order valence-electron chi connectivity index (χ4n) is 4.09. The summed E-state index contributed by atoms with van der Waals surface area (Å²) >= 11 is 1.42. The average Bonchev–Trinajstić information content (AvgIpc) is 3.56. The normalized spacial score (nSPS) is 11.6. The van der Waals surface area contributed by atoms with Crippen LogP contribution in [0.2, 0.25) is 0 Å². The maximum Gasteiger partial charge on any atom is 0.331 e. The molecule has 7 heteroatoms. The van der Waals surface area contributed by atoms with Gasteiger partial charge in [0.15, 0.2) is 0 Å². The number of rotatable bonds is 11. The van der Waals surface area contributed by atoms with E-state index in [-0.39, 0.29) is 17.3 Å². The third kappa shape index (κ3) is 5.69. The number of hydrogen-bond acceptors (Lipinski definition) is 6. The van der Waals surface area contributed by atoms with Crippen LogP contribution in [-0.2, 0) is 9.63 Å². The second-order valence-corrected chi connectivity index (χ2v) is 9.49. The third-order valence-electron chi connectivity index (χ3n) is 5.92. The van der Waals surface area contributed by atoms with Gasteiger partial charge < -0.3 is 9.40 Å². The summed E-state index contributed by atoms with van der Waals surface area (Å²) < 4.78 is 1.93. The second kappa shape index (κ2) is 11.7. The van der Waals surface area contributed by atoms with Crippen molar-refractivity contribution < 1.29 is 19.2 Å². The number of hydrogen-bond donors (Lipinski definition) is 0. The van der Waals surface area contributed by atoms with E-state index < -0.39 is 5.97 Å². The number of ketones is 2. The summed E-state index contributed by atoms with van der Waals surface area (Å²) in [4.78, 5) is 43.2. The van der Waals surface area contributed by atoms with Crippen LogP contribution in [0, 0.1) is 0 Å². The lowest BCUT2D eigenvalue weighted by Gasteiger charge is -2.06. The quantitative estimate of drug-likeness (QED) is 0.0731. The highest BCUT2D eigenvalue weighted by molar-refractivity contribution is 7.12. The topological polar surface area (TPSA) is 77.7 Å². The van der Waals surface area contributed by atoms with Crippen molar-refractivity contribution in [2.75, 3.05) is 0 Å². The van der Waals surface area contributed by atoms with Crippen molar-refractivity contribution in [2.45, 2.75) is 46.0 Å². The smallest absolute Gasteiger partial charge is 0.318 e. The zero-order valence-corrected chi connectivity index (χ0v) is 21.2. The Balaban J connectivity index is 1.67. The van der Waals surface area contributed by atoms with Crippen LogP contribution in [0.25, 0.3) is 16.6 Å². The number of fused-ring (bicyclic) bond motifs is 1. The number of benzene rings is 2. The highest BCUT2D eigenvalue weighted by atomic mass is 32.1. The summed E-state index contributed by atoms with van der Waals surface area (Å²) in [6, 6.07) is 18.7. The predicted molar refractivity (Wildman–Crippen MR) is 143 cm³/mol. The second-order valence-electron chi connectivity index (χ2n) is 8.54. The van der Waals surface area contributed by atoms with E-state index >= 15 is 0 Å². The monoisotopic (exact) mass is 500 g/mol. The predicted octanol–water partition coefficient (Wildman–Crippen LogP) is 7.00. The molecule has 2 aromatic heterocycles. The lowest BCUT2D eigenvalue weighted by Crippen LogP contribution is -2.15. The molecule has 184 valence electrons. The van der Waals surface area contributed by atoms with Gasteiger partial charge in [-0.05, 0) is 54.6 Å². The van der Waals surface area contributed by atoms with Crippen molar-refractivity contribution in [3.63, 3.8) is 0 Å². The molecule has 0 amide bonds. The average molecular weight is 501 g/mol. The minimum absolute atomic E-state index is 0.0146. The SMILES string of the molecule is CCCCCC/C(=N/OC(C)=O)C(=O)c1cn(-c2ccc(C(=O)c3cccs3)cc2)c2ccccc12. The van der Waals surface area contributed by atoms with Crippen LogP contribution in [0.3, 0.4) is 0 Å². The molecule has 6 nitrogen and oxygen atoms in total. The van der Waals surface area contributed by atoms with Crippen molar-refractivity contribution in [2.24, 2.45) is 5.16 Å². The van der Waals surface area contributed by atoms with Gasteiger partial charge in [0.1, 0.15) is 5.71 Å². The van der Waals surface area contributed by atoms with Crippen molar-refractivity contribution in [1.29, 1.82) is 0 Å². The molecule has 0 saturated heterocycles. The van der Waals surface area contributed by atoms with Crippen LogP contribution >= 0.6 is 11.3 Å². The van der Waals surface area contributed by atoms with Crippen LogP contribution in [0.5, 0.6) is 0 Å². The largest absolute Gasteiger partial charge is 0.331 e. The first-order valence-corrected chi connectivity index (χ1v) is 13.0. The van der Waals surface area contributed by atoms with Crippen LogP contribution < -0.4 is 0 Å². The highest BCUT2D eigenvalue weighted by Gasteiger charge is 2.21. The minimum atomic E-state index is -0.562. The van der Waals surface area contributed by atoms with Gasteiger partial charge in [0.05, 0.1) is 10.4 Å². The van der Waals surface area contributed by atoms with Gasteiger partial charge in [-0.1, -0.05) is 55.6 Å². The maximum atomic E-state index is 13.6. The first-order chi connectivity index (χ1) is 17.5. The third-order valence-corrected chi connectivity index (χ3v) is 6.79. The summed E-state index contributed by atoms with van der Waals surface area (Å²) in [7, 11) is 0. The van der Waals surface area contributed by atoms with Crippen LogP contribution in [0.4, 0.5) is 0 Å². The lowest BCUT2D eigenvalue weighted by atomic mass is 10.0. The van der Waals surface area contributed by atoms with Gasteiger partial charge in [0, 0.05) is 35.3 Å². The molecular weight excluding hydrogens is 472 g/mol. The Bertz CT molecular complexity index is 1400. The van der Waals surface area contributed by atoms with E-state index in [2.05, 4.69) is 12.1 Å². The van der Waals surface area contributed by atoms with E-state index in [0.29, 0.717) is 22.4 Å². The molecule has 0 fully saturated rings. The van der Waals surface area contributed by atoms with Crippen LogP contribution in [0.15, 0.2) is 77.4 Å². The van der Waals surface area contributed by atoms with Gasteiger partial charge in [-0.2, -0.15) is 0 Å². The molecule has 0 saturated carbocycles. The molecule has 0 aliphatic heterocycles. The molecule has 2 aromatic carbocycles. The summed E-state index contributed by atoms with van der Waals surface area (Å²) in [6.07, 6.45) is 6.14. The lowest BCUT2D eigenvalue weighted by molar-refractivity contribution is -0.140. The number of nitrogens with zero attached hydrogens (tertiary/aromatic N) is 2. The molecule has 2 heterocycles. The minimum Gasteiger partial charge on any atom is -0.318 e. The molecule has 0 spiro atoms. The zero-order chi connectivity index (χ0) is 25.5. The van der Waals surface area contributed by atoms with E-state index in [1.165, 1.54) is 18.3 Å². The number of thiophene rings is 1. The molecule has 0 unspecified atom stereocenters. The molecule has 0 aliphatic rings. The van der Waals surface area contributed by atoms with Gasteiger partial charge in [0.25, 0.3) is 0 Å². The van der Waals surface area contributed by atoms with Gasteiger partial charge in [-0.25, -0.2) is 4.79 Å². The van der Waals surface area contributed by atoms with Crippen molar-refractivity contribution in [3.8, 4) is 5.69 Å². The van der Waals surface area contributed by atoms with E-state index in [0.717, 1.165) is 42.3 Å². The Morgan fingerprint density at radius 1 is 0.944 bits per heavy atom. The number of aromatic nitrogens is 1. The Morgan fingerprint density at radius 2 is 1.72 bits per heavy atom. The molecule has 0 radical (unpaired) electrons. The van der Waals surface area contributed by atoms with Crippen molar-refractivity contribution >= 4 is 45.5 Å². The Labute approximate surface area is 214 Å². The van der Waals surface area contributed by atoms with Gasteiger partial charge in [-0.3, -0.25) is 9.59 Å². The zero-order valence-electron chi connectivity index (χ0n) is 20.4. The number of carbonyl (C=O) groups excluding carboxylic acids is 3. The molecule has 4 rings (SSSR count). The first-order valence-electron chi connectivity index (χ1n) is 12.1. The van der Waals surface area contributed by atoms with Crippen molar-refractivity contribution in [1.82, 2.24) is 4.57 Å². The van der Waals surface area contributed by atoms with Gasteiger partial charge >= 0.3 is 5.97 Å². The molecule has 36 heavy (non-hydrogen) atoms. The van der Waals surface area contributed by atoms with Gasteiger partial charge in [0.2, 0.25) is 11.6 Å². The van der Waals surface area contributed by atoms with E-state index in [4.69, 9.17) is 4.84 Å². The Kier molecular flexibility index (Phi) is 8.23. The summed E-state index contributed by atoms with van der Waals surface area (Å²) in [6.45, 7) is 3.39. The fourth-order valence-corrected chi connectivity index (χ4v) is 4.78. The first kappa shape index (κ1) is 25.3. The molecule has 0 aliphatic carbocycles. The number of para-hydroxylation sites is 1. The Morgan fingerprint density at radius 3 is 2.42 bits per heavy atom. The van der Waals surface area contributed by atoms with E-state index in [1.807, 2.05) is 58.5 Å². The van der Waals surface area contributed by atoms with Crippen LogP contribution in [0.1, 0.15) is 71.5 Å². The Hall–Kier alpha value is -3.84. The van der Waals surface area contributed by atoms with Crippen molar-refractivity contribution in [3.05, 3.63) is 88.2 Å². The number of oxime groups is 1. The fraction of sp³-hybridized carbons (Fsp3) is 0.241. The molecule has 4 aromatic rings. The molecule has 0 N–H and O–H groups in total. The molecule has 0 atom stereocenters.